The van der Waals surface area contributed by atoms with Crippen molar-refractivity contribution in [2.24, 2.45) is 5.41 Å². The molecule has 94 valence electrons. The molecule has 0 radical (unpaired) electrons. The number of aldehydes is 1. The summed E-state index contributed by atoms with van der Waals surface area (Å²) in [6.07, 6.45) is 4.17. The van der Waals surface area contributed by atoms with E-state index in [9.17, 15) is 4.79 Å². The molecule has 0 aliphatic carbocycles. The van der Waals surface area contributed by atoms with Crippen molar-refractivity contribution in [3.05, 3.63) is 10.6 Å². The summed E-state index contributed by atoms with van der Waals surface area (Å²) in [6.45, 7) is 8.80. The molecule has 0 amide bonds. The number of hydrogen-bond donors (Lipinski definition) is 0. The van der Waals surface area contributed by atoms with Gasteiger partial charge in [0.1, 0.15) is 0 Å². The maximum atomic E-state index is 10.9. The summed E-state index contributed by atoms with van der Waals surface area (Å²) < 4.78 is 0. The number of thiazole rings is 1. The van der Waals surface area contributed by atoms with Crippen LogP contribution < -0.4 is 4.90 Å². The molecule has 1 fully saturated rings. The molecule has 4 heteroatoms. The highest BCUT2D eigenvalue weighted by Crippen LogP contribution is 2.34. The fourth-order valence-corrected chi connectivity index (χ4v) is 3.15. The van der Waals surface area contributed by atoms with Crippen molar-refractivity contribution >= 4 is 22.8 Å². The van der Waals surface area contributed by atoms with Crippen LogP contribution in [0.5, 0.6) is 0 Å². The Balaban J connectivity index is 2.13. The van der Waals surface area contributed by atoms with Gasteiger partial charge in [-0.25, -0.2) is 4.98 Å². The molecule has 0 bridgehead atoms. The SMILES string of the molecule is CCc1nc(N2CCC(C)(C)CC2)sc1C=O. The van der Waals surface area contributed by atoms with Crippen LogP contribution in [0.1, 0.15) is 49.0 Å². The third-order valence-corrected chi connectivity index (χ3v) is 4.63. The molecule has 1 aromatic heterocycles. The quantitative estimate of drug-likeness (QED) is 0.775. The van der Waals surface area contributed by atoms with Crippen LogP contribution in [0.3, 0.4) is 0 Å². The first kappa shape index (κ1) is 12.6. The lowest BCUT2D eigenvalue weighted by atomic mass is 9.83. The lowest BCUT2D eigenvalue weighted by Crippen LogP contribution is -2.37. The first-order valence-corrected chi connectivity index (χ1v) is 7.07. The van der Waals surface area contributed by atoms with E-state index in [1.807, 2.05) is 6.92 Å². The van der Waals surface area contributed by atoms with Crippen LogP contribution in [-0.2, 0) is 6.42 Å². The molecule has 0 N–H and O–H groups in total. The molecule has 0 unspecified atom stereocenters. The monoisotopic (exact) mass is 252 g/mol. The summed E-state index contributed by atoms with van der Waals surface area (Å²) in [7, 11) is 0. The Hall–Kier alpha value is -0.900. The molecule has 3 nitrogen and oxygen atoms in total. The van der Waals surface area contributed by atoms with Gasteiger partial charge in [-0.3, -0.25) is 4.79 Å². The van der Waals surface area contributed by atoms with E-state index >= 15 is 0 Å². The van der Waals surface area contributed by atoms with Gasteiger partial charge in [0, 0.05) is 13.1 Å². The lowest BCUT2D eigenvalue weighted by molar-refractivity contribution is 0.112. The number of carbonyl (C=O) groups is 1. The molecule has 1 aliphatic heterocycles. The minimum absolute atomic E-state index is 0.453. The van der Waals surface area contributed by atoms with E-state index in [-0.39, 0.29) is 0 Å². The highest BCUT2D eigenvalue weighted by atomic mass is 32.1. The van der Waals surface area contributed by atoms with Gasteiger partial charge in [-0.2, -0.15) is 0 Å². The molecule has 2 heterocycles. The molecule has 0 aromatic carbocycles. The number of rotatable bonds is 3. The third-order valence-electron chi connectivity index (χ3n) is 3.55. The van der Waals surface area contributed by atoms with E-state index in [1.165, 1.54) is 24.2 Å². The van der Waals surface area contributed by atoms with Gasteiger partial charge in [0.15, 0.2) is 11.4 Å². The van der Waals surface area contributed by atoms with Crippen molar-refractivity contribution < 1.29 is 4.79 Å². The van der Waals surface area contributed by atoms with E-state index in [4.69, 9.17) is 0 Å². The molecule has 0 atom stereocenters. The molecule has 0 saturated carbocycles. The Kier molecular flexibility index (Phi) is 3.52. The van der Waals surface area contributed by atoms with E-state index in [2.05, 4.69) is 23.7 Å². The second kappa shape index (κ2) is 4.77. The molecule has 1 aromatic rings. The van der Waals surface area contributed by atoms with Crippen molar-refractivity contribution in [1.29, 1.82) is 0 Å². The Morgan fingerprint density at radius 1 is 1.41 bits per heavy atom. The maximum absolute atomic E-state index is 10.9. The molecule has 0 spiro atoms. The molecular formula is C13H20N2OS. The van der Waals surface area contributed by atoms with Crippen LogP contribution in [0.2, 0.25) is 0 Å². The van der Waals surface area contributed by atoms with E-state index < -0.39 is 0 Å². The number of carbonyl (C=O) groups excluding carboxylic acids is 1. The Morgan fingerprint density at radius 3 is 2.53 bits per heavy atom. The van der Waals surface area contributed by atoms with Gasteiger partial charge in [0.05, 0.1) is 10.6 Å². The summed E-state index contributed by atoms with van der Waals surface area (Å²) in [5.74, 6) is 0. The van der Waals surface area contributed by atoms with E-state index in [0.717, 1.165) is 41.5 Å². The Bertz CT molecular complexity index is 402. The fourth-order valence-electron chi connectivity index (χ4n) is 2.13. The topological polar surface area (TPSA) is 33.2 Å². The average Bonchev–Trinajstić information content (AvgIpc) is 2.72. The van der Waals surface area contributed by atoms with Crippen molar-refractivity contribution in [1.82, 2.24) is 4.98 Å². The Morgan fingerprint density at radius 2 is 2.06 bits per heavy atom. The number of hydrogen-bond acceptors (Lipinski definition) is 4. The third kappa shape index (κ3) is 2.68. The Labute approximate surface area is 107 Å². The summed E-state index contributed by atoms with van der Waals surface area (Å²) in [5, 5.41) is 1.03. The lowest BCUT2D eigenvalue weighted by Gasteiger charge is -2.36. The second-order valence-electron chi connectivity index (χ2n) is 5.43. The standard InChI is InChI=1S/C13H20N2OS/c1-4-10-11(9-16)17-12(14-10)15-7-5-13(2,3)6-8-15/h9H,4-8H2,1-3H3. The second-order valence-corrected chi connectivity index (χ2v) is 6.44. The smallest absolute Gasteiger partial charge is 0.186 e. The fraction of sp³-hybridized carbons (Fsp3) is 0.692. The minimum Gasteiger partial charge on any atom is -0.348 e. The zero-order chi connectivity index (χ0) is 12.5. The van der Waals surface area contributed by atoms with Gasteiger partial charge >= 0.3 is 0 Å². The van der Waals surface area contributed by atoms with Crippen LogP contribution in [-0.4, -0.2) is 24.4 Å². The van der Waals surface area contributed by atoms with Crippen LogP contribution in [0.15, 0.2) is 0 Å². The zero-order valence-electron chi connectivity index (χ0n) is 10.8. The summed E-state index contributed by atoms with van der Waals surface area (Å²) >= 11 is 1.54. The van der Waals surface area contributed by atoms with Crippen molar-refractivity contribution in [2.45, 2.75) is 40.0 Å². The number of piperidine rings is 1. The molecular weight excluding hydrogens is 232 g/mol. The first-order chi connectivity index (χ1) is 8.05. The first-order valence-electron chi connectivity index (χ1n) is 6.25. The average molecular weight is 252 g/mol. The van der Waals surface area contributed by atoms with Crippen molar-refractivity contribution in [3.8, 4) is 0 Å². The highest BCUT2D eigenvalue weighted by Gasteiger charge is 2.27. The molecule has 1 saturated heterocycles. The molecule has 17 heavy (non-hydrogen) atoms. The van der Waals surface area contributed by atoms with Crippen molar-refractivity contribution in [3.63, 3.8) is 0 Å². The highest BCUT2D eigenvalue weighted by molar-refractivity contribution is 7.17. The van der Waals surface area contributed by atoms with Gasteiger partial charge < -0.3 is 4.90 Å². The summed E-state index contributed by atoms with van der Waals surface area (Å²) in [4.78, 5) is 18.6. The van der Waals surface area contributed by atoms with Gasteiger partial charge in [-0.1, -0.05) is 32.1 Å². The minimum atomic E-state index is 0.453. The van der Waals surface area contributed by atoms with Gasteiger partial charge in [-0.15, -0.1) is 0 Å². The predicted octanol–water partition coefficient (Wildman–Crippen LogP) is 3.14. The van der Waals surface area contributed by atoms with E-state index in [1.54, 1.807) is 0 Å². The number of aryl methyl sites for hydroxylation is 1. The summed E-state index contributed by atoms with van der Waals surface area (Å²) in [6, 6.07) is 0. The van der Waals surface area contributed by atoms with Crippen LogP contribution in [0, 0.1) is 5.41 Å². The van der Waals surface area contributed by atoms with E-state index in [0.29, 0.717) is 5.41 Å². The van der Waals surface area contributed by atoms with Crippen LogP contribution >= 0.6 is 11.3 Å². The summed E-state index contributed by atoms with van der Waals surface area (Å²) in [5.41, 5.74) is 1.40. The number of nitrogens with zero attached hydrogens (tertiary/aromatic N) is 2. The number of anilines is 1. The molecule has 1 aliphatic rings. The van der Waals surface area contributed by atoms with Crippen LogP contribution in [0.25, 0.3) is 0 Å². The number of aromatic nitrogens is 1. The largest absolute Gasteiger partial charge is 0.348 e. The zero-order valence-corrected chi connectivity index (χ0v) is 11.6. The van der Waals surface area contributed by atoms with Gasteiger partial charge in [-0.05, 0) is 24.7 Å². The van der Waals surface area contributed by atoms with Gasteiger partial charge in [0.2, 0.25) is 0 Å². The van der Waals surface area contributed by atoms with Crippen LogP contribution in [0.4, 0.5) is 5.13 Å². The predicted molar refractivity (Wildman–Crippen MR) is 72.1 cm³/mol. The molecule has 2 rings (SSSR count). The van der Waals surface area contributed by atoms with Gasteiger partial charge in [0.25, 0.3) is 0 Å². The normalized spacial score (nSPS) is 19.4. The maximum Gasteiger partial charge on any atom is 0.186 e. The van der Waals surface area contributed by atoms with Crippen molar-refractivity contribution in [2.75, 3.05) is 18.0 Å².